The van der Waals surface area contributed by atoms with Crippen molar-refractivity contribution in [2.24, 2.45) is 0 Å². The van der Waals surface area contributed by atoms with Crippen molar-refractivity contribution in [3.8, 4) is 5.75 Å². The Morgan fingerprint density at radius 1 is 1.64 bits per heavy atom. The predicted octanol–water partition coefficient (Wildman–Crippen LogP) is 2.40. The monoisotopic (exact) mass is 217 g/mol. The van der Waals surface area contributed by atoms with Crippen molar-refractivity contribution >= 4 is 15.9 Å². The Labute approximate surface area is 73.3 Å². The van der Waals surface area contributed by atoms with E-state index >= 15 is 0 Å². The summed E-state index contributed by atoms with van der Waals surface area (Å²) in [5.74, 6) is -0.180. The van der Waals surface area contributed by atoms with Gasteiger partial charge in [-0.05, 0) is 6.07 Å². The van der Waals surface area contributed by atoms with Gasteiger partial charge in [-0.15, -0.1) is 0 Å². The van der Waals surface area contributed by atoms with E-state index in [2.05, 4.69) is 22.0 Å². The number of hydrogen-bond acceptors (Lipinski definition) is 1. The van der Waals surface area contributed by atoms with Crippen LogP contribution in [-0.2, 0) is 0 Å². The summed E-state index contributed by atoms with van der Waals surface area (Å²) in [5.41, 5.74) is 0. The molecule has 0 fully saturated rings. The van der Waals surface area contributed by atoms with Crippen molar-refractivity contribution in [3.05, 3.63) is 30.1 Å². The average Bonchev–Trinajstić information content (AvgIpc) is 2.03. The molecule has 0 aliphatic carbocycles. The Kier molecular flexibility index (Phi) is 3.36. The number of rotatable bonds is 3. The van der Waals surface area contributed by atoms with Crippen LogP contribution in [0.2, 0.25) is 0 Å². The smallest absolute Gasteiger partial charge is 0.165 e. The molecular formula is C8H7BrFO. The van der Waals surface area contributed by atoms with Gasteiger partial charge in [0.05, 0.1) is 6.61 Å². The number of para-hydroxylation sites is 1. The van der Waals surface area contributed by atoms with Gasteiger partial charge in [0.1, 0.15) is 0 Å². The first-order valence-corrected chi connectivity index (χ1v) is 4.31. The number of ether oxygens (including phenoxy) is 1. The van der Waals surface area contributed by atoms with Crippen molar-refractivity contribution in [1.82, 2.24) is 0 Å². The predicted molar refractivity (Wildman–Crippen MR) is 44.5 cm³/mol. The molecule has 0 aromatic heterocycles. The van der Waals surface area contributed by atoms with Crippen LogP contribution < -0.4 is 4.74 Å². The molecule has 1 rings (SSSR count). The molecule has 0 amide bonds. The Bertz CT molecular complexity index is 227. The number of benzene rings is 1. The molecule has 1 aromatic rings. The van der Waals surface area contributed by atoms with Crippen molar-refractivity contribution in [2.75, 3.05) is 11.9 Å². The van der Waals surface area contributed by atoms with E-state index in [-0.39, 0.29) is 11.6 Å². The summed E-state index contributed by atoms with van der Waals surface area (Å²) in [6.07, 6.45) is 0. The van der Waals surface area contributed by atoms with E-state index in [1.807, 2.05) is 0 Å². The second-order valence-corrected chi connectivity index (χ2v) is 2.68. The highest BCUT2D eigenvalue weighted by Crippen LogP contribution is 2.14. The molecule has 0 unspecified atom stereocenters. The highest BCUT2D eigenvalue weighted by atomic mass is 79.9. The van der Waals surface area contributed by atoms with E-state index in [1.165, 1.54) is 6.07 Å². The lowest BCUT2D eigenvalue weighted by molar-refractivity contribution is 0.325. The third-order valence-electron chi connectivity index (χ3n) is 1.09. The second-order valence-electron chi connectivity index (χ2n) is 1.88. The Balaban J connectivity index is 2.62. The van der Waals surface area contributed by atoms with Crippen LogP contribution in [0.5, 0.6) is 5.75 Å². The normalized spacial score (nSPS) is 9.64. The summed E-state index contributed by atoms with van der Waals surface area (Å²) in [5, 5.41) is 0.690. The minimum atomic E-state index is -0.367. The maximum atomic E-state index is 12.7. The molecule has 0 N–H and O–H groups in total. The first kappa shape index (κ1) is 8.53. The third-order valence-corrected chi connectivity index (χ3v) is 1.42. The minimum Gasteiger partial charge on any atom is -0.489 e. The van der Waals surface area contributed by atoms with Crippen LogP contribution in [0.25, 0.3) is 0 Å². The molecule has 59 valence electrons. The highest BCUT2D eigenvalue weighted by molar-refractivity contribution is 9.09. The SMILES string of the molecule is Fc1ccc[c]c1OCCBr. The van der Waals surface area contributed by atoms with Gasteiger partial charge >= 0.3 is 0 Å². The third kappa shape index (κ3) is 2.50. The molecule has 3 heteroatoms. The van der Waals surface area contributed by atoms with Gasteiger partial charge in [-0.2, -0.15) is 0 Å². The van der Waals surface area contributed by atoms with Gasteiger partial charge in [-0.3, -0.25) is 0 Å². The molecule has 0 spiro atoms. The molecule has 0 bridgehead atoms. The summed E-state index contributed by atoms with van der Waals surface area (Å²) < 4.78 is 17.7. The fourth-order valence-corrected chi connectivity index (χ4v) is 0.814. The highest BCUT2D eigenvalue weighted by Gasteiger charge is 1.99. The minimum absolute atomic E-state index is 0.187. The standard InChI is InChI=1S/C8H7BrFO/c9-5-6-11-8-4-2-1-3-7(8)10/h1-3H,5-6H2. The average molecular weight is 218 g/mol. The van der Waals surface area contributed by atoms with Crippen LogP contribution in [0.15, 0.2) is 18.2 Å². The van der Waals surface area contributed by atoms with Gasteiger partial charge in [0.25, 0.3) is 0 Å². The van der Waals surface area contributed by atoms with E-state index in [0.717, 1.165) is 0 Å². The topological polar surface area (TPSA) is 9.23 Å². The fourth-order valence-electron chi connectivity index (χ4n) is 0.652. The van der Waals surface area contributed by atoms with E-state index in [9.17, 15) is 4.39 Å². The lowest BCUT2D eigenvalue weighted by atomic mass is 10.3. The zero-order chi connectivity index (χ0) is 8.10. The van der Waals surface area contributed by atoms with Crippen LogP contribution in [0, 0.1) is 11.9 Å². The fraction of sp³-hybridized carbons (Fsp3) is 0.250. The zero-order valence-corrected chi connectivity index (χ0v) is 7.40. The van der Waals surface area contributed by atoms with Gasteiger partial charge in [0, 0.05) is 11.4 Å². The molecule has 0 saturated carbocycles. The molecule has 0 heterocycles. The van der Waals surface area contributed by atoms with Crippen molar-refractivity contribution in [1.29, 1.82) is 0 Å². The van der Waals surface area contributed by atoms with Crippen LogP contribution in [0.3, 0.4) is 0 Å². The van der Waals surface area contributed by atoms with Crippen molar-refractivity contribution in [3.63, 3.8) is 0 Å². The van der Waals surface area contributed by atoms with Crippen molar-refractivity contribution in [2.45, 2.75) is 0 Å². The second kappa shape index (κ2) is 4.34. The first-order chi connectivity index (χ1) is 5.34. The summed E-state index contributed by atoms with van der Waals surface area (Å²) in [7, 11) is 0. The Hall–Kier alpha value is -0.570. The van der Waals surface area contributed by atoms with Gasteiger partial charge in [0.15, 0.2) is 11.6 Å². The summed E-state index contributed by atoms with van der Waals surface area (Å²) >= 11 is 3.17. The van der Waals surface area contributed by atoms with Crippen LogP contribution in [0.4, 0.5) is 4.39 Å². The van der Waals surface area contributed by atoms with Gasteiger partial charge < -0.3 is 4.74 Å². The van der Waals surface area contributed by atoms with Gasteiger partial charge in [-0.1, -0.05) is 28.1 Å². The van der Waals surface area contributed by atoms with E-state index in [0.29, 0.717) is 11.9 Å². The van der Waals surface area contributed by atoms with Crippen molar-refractivity contribution < 1.29 is 9.13 Å². The number of alkyl halides is 1. The maximum absolute atomic E-state index is 12.7. The molecule has 0 saturated heterocycles. The first-order valence-electron chi connectivity index (χ1n) is 3.19. The Morgan fingerprint density at radius 3 is 3.09 bits per heavy atom. The molecule has 0 aliphatic rings. The van der Waals surface area contributed by atoms with E-state index in [4.69, 9.17) is 4.74 Å². The lowest BCUT2D eigenvalue weighted by Gasteiger charge is -2.02. The molecular weight excluding hydrogens is 211 g/mol. The molecule has 1 radical (unpaired) electrons. The maximum Gasteiger partial charge on any atom is 0.165 e. The molecule has 0 atom stereocenters. The largest absolute Gasteiger partial charge is 0.489 e. The molecule has 0 aliphatic heterocycles. The lowest BCUT2D eigenvalue weighted by Crippen LogP contribution is -1.99. The van der Waals surface area contributed by atoms with E-state index in [1.54, 1.807) is 12.1 Å². The molecule has 1 aromatic carbocycles. The Morgan fingerprint density at radius 2 is 2.45 bits per heavy atom. The van der Waals surface area contributed by atoms with Gasteiger partial charge in [-0.25, -0.2) is 4.39 Å². The van der Waals surface area contributed by atoms with E-state index < -0.39 is 0 Å². The van der Waals surface area contributed by atoms with Gasteiger partial charge in [0.2, 0.25) is 0 Å². The number of halogens is 2. The zero-order valence-electron chi connectivity index (χ0n) is 5.81. The summed E-state index contributed by atoms with van der Waals surface area (Å²) in [6, 6.07) is 7.20. The quantitative estimate of drug-likeness (QED) is 0.707. The summed E-state index contributed by atoms with van der Waals surface area (Å²) in [6.45, 7) is 0.456. The van der Waals surface area contributed by atoms with Crippen LogP contribution >= 0.6 is 15.9 Å². The van der Waals surface area contributed by atoms with Crippen LogP contribution in [0.1, 0.15) is 0 Å². The summed E-state index contributed by atoms with van der Waals surface area (Å²) in [4.78, 5) is 0. The van der Waals surface area contributed by atoms with Crippen LogP contribution in [-0.4, -0.2) is 11.9 Å². The molecule has 11 heavy (non-hydrogen) atoms. The number of hydrogen-bond donors (Lipinski definition) is 0. The molecule has 1 nitrogen and oxygen atoms in total.